The first-order valence-corrected chi connectivity index (χ1v) is 5.63. The Hall–Kier alpha value is -0.220. The van der Waals surface area contributed by atoms with Crippen LogP contribution in [-0.2, 0) is 9.53 Å². The van der Waals surface area contributed by atoms with Gasteiger partial charge in [-0.15, -0.1) is 0 Å². The van der Waals surface area contributed by atoms with Crippen LogP contribution in [0.5, 0.6) is 0 Å². The molecule has 1 aliphatic carbocycles. The normalized spacial score (nSPS) is 17.9. The second-order valence-electron chi connectivity index (χ2n) is 3.95. The van der Waals surface area contributed by atoms with Gasteiger partial charge in [0.25, 0.3) is 0 Å². The number of thiol groups is 1. The second-order valence-corrected chi connectivity index (χ2v) is 4.73. The molecule has 0 N–H and O–H groups in total. The fraction of sp³-hybridized carbons (Fsp3) is 0.900. The van der Waals surface area contributed by atoms with E-state index in [9.17, 15) is 4.79 Å². The van der Waals surface area contributed by atoms with E-state index in [0.29, 0.717) is 13.2 Å². The van der Waals surface area contributed by atoms with Crippen molar-refractivity contribution in [2.24, 2.45) is 5.92 Å². The van der Waals surface area contributed by atoms with Crippen LogP contribution >= 0.6 is 12.6 Å². The molecule has 0 bridgehead atoms. The summed E-state index contributed by atoms with van der Waals surface area (Å²) in [6.45, 7) is 3.95. The fourth-order valence-corrected chi connectivity index (χ4v) is 1.36. The third-order valence-electron chi connectivity index (χ3n) is 2.36. The standard InChI is InChI=1S/C10H19NO2S/c1-8(14)10(12)11(2)5-6-13-7-9-3-4-9/h8-9,14H,3-7H2,1-2H3. The van der Waals surface area contributed by atoms with E-state index >= 15 is 0 Å². The fourth-order valence-electron chi connectivity index (χ4n) is 1.17. The van der Waals surface area contributed by atoms with E-state index < -0.39 is 0 Å². The summed E-state index contributed by atoms with van der Waals surface area (Å²) in [4.78, 5) is 13.0. The zero-order valence-corrected chi connectivity index (χ0v) is 9.80. The molecular formula is C10H19NO2S. The Balaban J connectivity index is 2.01. The molecule has 82 valence electrons. The number of carbonyl (C=O) groups is 1. The Morgan fingerprint density at radius 2 is 2.29 bits per heavy atom. The van der Waals surface area contributed by atoms with Gasteiger partial charge in [0, 0.05) is 20.2 Å². The van der Waals surface area contributed by atoms with E-state index in [1.54, 1.807) is 18.9 Å². The second kappa shape index (κ2) is 5.61. The lowest BCUT2D eigenvalue weighted by atomic mass is 10.4. The molecule has 4 heteroatoms. The van der Waals surface area contributed by atoms with Crippen LogP contribution in [0.2, 0.25) is 0 Å². The Morgan fingerprint density at radius 3 is 2.79 bits per heavy atom. The zero-order chi connectivity index (χ0) is 10.6. The molecule has 1 atom stereocenters. The first-order chi connectivity index (χ1) is 6.61. The molecule has 1 fully saturated rings. The number of ether oxygens (including phenoxy) is 1. The molecule has 0 spiro atoms. The van der Waals surface area contributed by atoms with Gasteiger partial charge < -0.3 is 9.64 Å². The first-order valence-electron chi connectivity index (χ1n) is 5.12. The highest BCUT2D eigenvalue weighted by atomic mass is 32.1. The predicted octanol–water partition coefficient (Wildman–Crippen LogP) is 1.19. The van der Waals surface area contributed by atoms with Gasteiger partial charge >= 0.3 is 0 Å². The van der Waals surface area contributed by atoms with E-state index in [2.05, 4.69) is 12.6 Å². The maximum Gasteiger partial charge on any atom is 0.234 e. The summed E-state index contributed by atoms with van der Waals surface area (Å²) in [6.07, 6.45) is 2.62. The number of hydrogen-bond donors (Lipinski definition) is 1. The van der Waals surface area contributed by atoms with Gasteiger partial charge in [-0.3, -0.25) is 4.79 Å². The van der Waals surface area contributed by atoms with Crippen molar-refractivity contribution in [3.63, 3.8) is 0 Å². The lowest BCUT2D eigenvalue weighted by molar-refractivity contribution is -0.129. The van der Waals surface area contributed by atoms with Crippen molar-refractivity contribution in [1.29, 1.82) is 0 Å². The summed E-state index contributed by atoms with van der Waals surface area (Å²) in [5.41, 5.74) is 0. The van der Waals surface area contributed by atoms with Crippen molar-refractivity contribution < 1.29 is 9.53 Å². The molecule has 0 aromatic rings. The number of hydrogen-bond acceptors (Lipinski definition) is 3. The number of likely N-dealkylation sites (N-methyl/N-ethyl adjacent to an activating group) is 1. The van der Waals surface area contributed by atoms with Crippen LogP contribution in [-0.4, -0.2) is 42.9 Å². The van der Waals surface area contributed by atoms with Crippen LogP contribution in [0.3, 0.4) is 0 Å². The quantitative estimate of drug-likeness (QED) is 0.535. The Bertz CT molecular complexity index is 193. The molecule has 0 aromatic carbocycles. The molecule has 3 nitrogen and oxygen atoms in total. The lowest BCUT2D eigenvalue weighted by Crippen LogP contribution is -2.34. The summed E-state index contributed by atoms with van der Waals surface area (Å²) >= 11 is 4.09. The van der Waals surface area contributed by atoms with Gasteiger partial charge in [-0.1, -0.05) is 0 Å². The largest absolute Gasteiger partial charge is 0.379 e. The SMILES string of the molecule is CC(S)C(=O)N(C)CCOCC1CC1. The molecule has 1 saturated carbocycles. The lowest BCUT2D eigenvalue weighted by Gasteiger charge is -2.18. The highest BCUT2D eigenvalue weighted by molar-refractivity contribution is 7.81. The maximum atomic E-state index is 11.4. The molecule has 1 amide bonds. The van der Waals surface area contributed by atoms with Crippen molar-refractivity contribution in [3.05, 3.63) is 0 Å². The van der Waals surface area contributed by atoms with Crippen molar-refractivity contribution in [1.82, 2.24) is 4.90 Å². The van der Waals surface area contributed by atoms with E-state index in [4.69, 9.17) is 4.74 Å². The predicted molar refractivity (Wildman–Crippen MR) is 59.6 cm³/mol. The summed E-state index contributed by atoms with van der Waals surface area (Å²) < 4.78 is 5.44. The molecule has 14 heavy (non-hydrogen) atoms. The summed E-state index contributed by atoms with van der Waals surface area (Å²) in [5, 5.41) is -0.219. The van der Waals surface area contributed by atoms with Gasteiger partial charge in [0.1, 0.15) is 0 Å². The van der Waals surface area contributed by atoms with E-state index in [-0.39, 0.29) is 11.2 Å². The Labute approximate surface area is 91.2 Å². The zero-order valence-electron chi connectivity index (χ0n) is 8.90. The highest BCUT2D eigenvalue weighted by Crippen LogP contribution is 2.28. The molecule has 0 aromatic heterocycles. The first kappa shape index (κ1) is 11.9. The van der Waals surface area contributed by atoms with E-state index in [1.165, 1.54) is 12.8 Å². The third-order valence-corrected chi connectivity index (χ3v) is 2.58. The van der Waals surface area contributed by atoms with Gasteiger partial charge in [-0.2, -0.15) is 12.6 Å². The third kappa shape index (κ3) is 4.33. The van der Waals surface area contributed by atoms with Crippen LogP contribution < -0.4 is 0 Å². The number of rotatable bonds is 6. The number of carbonyl (C=O) groups excluding carboxylic acids is 1. The Kier molecular flexibility index (Phi) is 4.75. The van der Waals surface area contributed by atoms with Crippen LogP contribution in [0.4, 0.5) is 0 Å². The van der Waals surface area contributed by atoms with Gasteiger partial charge in [0.2, 0.25) is 5.91 Å². The highest BCUT2D eigenvalue weighted by Gasteiger charge is 2.21. The molecule has 1 unspecified atom stereocenters. The molecular weight excluding hydrogens is 198 g/mol. The molecule has 0 aliphatic heterocycles. The molecule has 1 rings (SSSR count). The van der Waals surface area contributed by atoms with Crippen LogP contribution in [0.1, 0.15) is 19.8 Å². The minimum absolute atomic E-state index is 0.0587. The van der Waals surface area contributed by atoms with Gasteiger partial charge in [-0.25, -0.2) is 0 Å². The Morgan fingerprint density at radius 1 is 1.64 bits per heavy atom. The molecule has 0 radical (unpaired) electrons. The topological polar surface area (TPSA) is 29.5 Å². The number of amides is 1. The van der Waals surface area contributed by atoms with Crippen molar-refractivity contribution in [2.45, 2.75) is 25.0 Å². The van der Waals surface area contributed by atoms with Crippen molar-refractivity contribution in [3.8, 4) is 0 Å². The minimum atomic E-state index is -0.219. The number of nitrogens with zero attached hydrogens (tertiary/aromatic N) is 1. The van der Waals surface area contributed by atoms with Gasteiger partial charge in [0.05, 0.1) is 11.9 Å². The monoisotopic (exact) mass is 217 g/mol. The van der Waals surface area contributed by atoms with Crippen molar-refractivity contribution in [2.75, 3.05) is 26.8 Å². The molecule has 0 heterocycles. The van der Waals surface area contributed by atoms with Crippen LogP contribution in [0, 0.1) is 5.92 Å². The van der Waals surface area contributed by atoms with Gasteiger partial charge in [0.15, 0.2) is 0 Å². The molecule has 1 aliphatic rings. The molecule has 0 saturated heterocycles. The average Bonchev–Trinajstić information content (AvgIpc) is 2.94. The minimum Gasteiger partial charge on any atom is -0.379 e. The summed E-state index contributed by atoms with van der Waals surface area (Å²) in [6, 6.07) is 0. The van der Waals surface area contributed by atoms with Crippen molar-refractivity contribution >= 4 is 18.5 Å². The maximum absolute atomic E-state index is 11.4. The summed E-state index contributed by atoms with van der Waals surface area (Å²) in [5.74, 6) is 0.850. The smallest absolute Gasteiger partial charge is 0.234 e. The van der Waals surface area contributed by atoms with Gasteiger partial charge in [-0.05, 0) is 25.7 Å². The van der Waals surface area contributed by atoms with Crippen LogP contribution in [0.15, 0.2) is 0 Å². The van der Waals surface area contributed by atoms with E-state index in [0.717, 1.165) is 12.5 Å². The summed E-state index contributed by atoms with van der Waals surface area (Å²) in [7, 11) is 1.79. The van der Waals surface area contributed by atoms with Crippen LogP contribution in [0.25, 0.3) is 0 Å². The van der Waals surface area contributed by atoms with E-state index in [1.807, 2.05) is 0 Å². The average molecular weight is 217 g/mol.